The zero-order chi connectivity index (χ0) is 12.5. The van der Waals surface area contributed by atoms with E-state index in [0.717, 1.165) is 36.1 Å². The number of nitrogens with two attached hydrogens (primary N) is 1. The van der Waals surface area contributed by atoms with Crippen LogP contribution in [0.4, 0.5) is 0 Å². The first-order valence-electron chi connectivity index (χ1n) is 6.13. The lowest BCUT2D eigenvalue weighted by atomic mass is 9.64. The molecule has 2 N–H and O–H groups in total. The molecule has 1 aromatic carbocycles. The Balaban J connectivity index is 2.42. The summed E-state index contributed by atoms with van der Waals surface area (Å²) in [6, 6.07) is 8.02. The van der Waals surface area contributed by atoms with Crippen molar-refractivity contribution in [3.63, 3.8) is 0 Å². The minimum atomic E-state index is -0.420. The number of hydrogen-bond donors (Lipinski definition) is 2. The molecule has 1 amide bonds. The van der Waals surface area contributed by atoms with Gasteiger partial charge in [0.2, 0.25) is 5.91 Å². The summed E-state index contributed by atoms with van der Waals surface area (Å²) in [5.41, 5.74) is 6.36. The van der Waals surface area contributed by atoms with Crippen molar-refractivity contribution < 1.29 is 4.79 Å². The molecule has 0 bridgehead atoms. The smallest absolute Gasteiger partial charge is 0.223 e. The summed E-state index contributed by atoms with van der Waals surface area (Å²) in [6.07, 6.45) is 4.16. The van der Waals surface area contributed by atoms with Crippen molar-refractivity contribution in [3.8, 4) is 0 Å². The normalized spacial score (nSPS) is 28.9. The average molecular weight is 249 g/mol. The molecular formula is C14H19NOS. The van der Waals surface area contributed by atoms with Gasteiger partial charge in [0, 0.05) is 4.90 Å². The molecule has 0 aliphatic heterocycles. The average Bonchev–Trinajstić information content (AvgIpc) is 2.31. The van der Waals surface area contributed by atoms with Crippen LogP contribution in [-0.4, -0.2) is 5.91 Å². The first-order chi connectivity index (χ1) is 8.05. The third-order valence-electron chi connectivity index (χ3n) is 4.08. The quantitative estimate of drug-likeness (QED) is 0.777. The highest BCUT2D eigenvalue weighted by Gasteiger charge is 2.42. The molecule has 3 heteroatoms. The van der Waals surface area contributed by atoms with Gasteiger partial charge in [0.05, 0.1) is 5.41 Å². The number of amides is 1. The van der Waals surface area contributed by atoms with E-state index in [0.29, 0.717) is 0 Å². The summed E-state index contributed by atoms with van der Waals surface area (Å²) < 4.78 is 0. The molecule has 1 aromatic rings. The van der Waals surface area contributed by atoms with Crippen LogP contribution >= 0.6 is 12.6 Å². The van der Waals surface area contributed by atoms with Crippen LogP contribution in [0.25, 0.3) is 0 Å². The van der Waals surface area contributed by atoms with Crippen LogP contribution in [0.2, 0.25) is 0 Å². The van der Waals surface area contributed by atoms with Gasteiger partial charge in [-0.3, -0.25) is 4.79 Å². The van der Waals surface area contributed by atoms with Crippen LogP contribution in [0.1, 0.15) is 44.1 Å². The van der Waals surface area contributed by atoms with Crippen LogP contribution in [-0.2, 0) is 4.79 Å². The van der Waals surface area contributed by atoms with Gasteiger partial charge in [-0.05, 0) is 30.4 Å². The van der Waals surface area contributed by atoms with Crippen LogP contribution in [0.5, 0.6) is 0 Å². The molecule has 2 nitrogen and oxygen atoms in total. The number of carbonyl (C=O) groups is 1. The van der Waals surface area contributed by atoms with Crippen molar-refractivity contribution in [2.24, 2.45) is 11.1 Å². The monoisotopic (exact) mass is 249 g/mol. The summed E-state index contributed by atoms with van der Waals surface area (Å²) in [6.45, 7) is 2.00. The predicted octanol–water partition coefficient (Wildman–Crippen LogP) is 3.12. The van der Waals surface area contributed by atoms with E-state index in [-0.39, 0.29) is 11.8 Å². The minimum absolute atomic E-state index is 0.182. The van der Waals surface area contributed by atoms with Gasteiger partial charge in [0.15, 0.2) is 0 Å². The molecule has 1 saturated carbocycles. The number of thiol groups is 1. The fraction of sp³-hybridized carbons (Fsp3) is 0.500. The Kier molecular flexibility index (Phi) is 3.48. The van der Waals surface area contributed by atoms with Crippen molar-refractivity contribution in [2.75, 3.05) is 0 Å². The highest BCUT2D eigenvalue weighted by Crippen LogP contribution is 2.48. The predicted molar refractivity (Wildman–Crippen MR) is 72.2 cm³/mol. The summed E-state index contributed by atoms with van der Waals surface area (Å²) >= 11 is 4.50. The van der Waals surface area contributed by atoms with E-state index < -0.39 is 5.41 Å². The first-order valence-corrected chi connectivity index (χ1v) is 6.58. The second kappa shape index (κ2) is 4.73. The zero-order valence-electron chi connectivity index (χ0n) is 10.1. The Hall–Kier alpha value is -0.960. The van der Waals surface area contributed by atoms with E-state index in [1.165, 1.54) is 0 Å². The summed E-state index contributed by atoms with van der Waals surface area (Å²) in [7, 11) is 0. The molecule has 0 aromatic heterocycles. The van der Waals surface area contributed by atoms with E-state index in [9.17, 15) is 4.79 Å². The Morgan fingerprint density at radius 3 is 2.76 bits per heavy atom. The topological polar surface area (TPSA) is 43.1 Å². The van der Waals surface area contributed by atoms with Gasteiger partial charge >= 0.3 is 0 Å². The second-order valence-electron chi connectivity index (χ2n) is 5.14. The maximum Gasteiger partial charge on any atom is 0.223 e. The molecule has 17 heavy (non-hydrogen) atoms. The first kappa shape index (κ1) is 12.5. The highest BCUT2D eigenvalue weighted by molar-refractivity contribution is 7.80. The Morgan fingerprint density at radius 2 is 2.12 bits per heavy atom. The maximum atomic E-state index is 11.8. The molecule has 0 heterocycles. The van der Waals surface area contributed by atoms with Crippen LogP contribution in [0.3, 0.4) is 0 Å². The van der Waals surface area contributed by atoms with Gasteiger partial charge in [-0.15, -0.1) is 12.6 Å². The van der Waals surface area contributed by atoms with Gasteiger partial charge in [0.25, 0.3) is 0 Å². The Labute approximate surface area is 108 Å². The number of hydrogen-bond acceptors (Lipinski definition) is 2. The van der Waals surface area contributed by atoms with E-state index in [2.05, 4.69) is 18.7 Å². The van der Waals surface area contributed by atoms with Crippen LogP contribution < -0.4 is 5.73 Å². The van der Waals surface area contributed by atoms with Crippen molar-refractivity contribution in [1.82, 2.24) is 0 Å². The molecule has 1 aliphatic rings. The summed E-state index contributed by atoms with van der Waals surface area (Å²) in [5.74, 6) is 0.0289. The van der Waals surface area contributed by atoms with Gasteiger partial charge in [-0.2, -0.15) is 0 Å². The summed E-state index contributed by atoms with van der Waals surface area (Å²) in [5, 5.41) is 0. The molecule has 0 saturated heterocycles. The number of carbonyl (C=O) groups excluding carboxylic acids is 1. The third-order valence-corrected chi connectivity index (χ3v) is 4.49. The molecule has 2 unspecified atom stereocenters. The third kappa shape index (κ3) is 2.21. The van der Waals surface area contributed by atoms with Crippen molar-refractivity contribution in [3.05, 3.63) is 29.8 Å². The van der Waals surface area contributed by atoms with Gasteiger partial charge in [-0.25, -0.2) is 0 Å². The lowest BCUT2D eigenvalue weighted by Crippen LogP contribution is -2.41. The van der Waals surface area contributed by atoms with E-state index >= 15 is 0 Å². The molecule has 1 fully saturated rings. The van der Waals surface area contributed by atoms with E-state index in [1.54, 1.807) is 0 Å². The molecular weight excluding hydrogens is 230 g/mol. The largest absolute Gasteiger partial charge is 0.369 e. The van der Waals surface area contributed by atoms with E-state index in [1.807, 2.05) is 25.1 Å². The van der Waals surface area contributed by atoms with Crippen LogP contribution in [0, 0.1) is 5.41 Å². The maximum absolute atomic E-state index is 11.8. The minimum Gasteiger partial charge on any atom is -0.369 e. The van der Waals surface area contributed by atoms with Crippen molar-refractivity contribution in [1.29, 1.82) is 0 Å². The molecule has 1 aliphatic carbocycles. The molecule has 92 valence electrons. The van der Waals surface area contributed by atoms with E-state index in [4.69, 9.17) is 5.73 Å². The molecule has 0 spiro atoms. The Morgan fingerprint density at radius 1 is 1.41 bits per heavy atom. The lowest BCUT2D eigenvalue weighted by Gasteiger charge is -2.39. The fourth-order valence-corrected chi connectivity index (χ4v) is 3.23. The zero-order valence-corrected chi connectivity index (χ0v) is 11.0. The number of benzene rings is 1. The number of rotatable bonds is 2. The molecule has 0 radical (unpaired) electrons. The standard InChI is InChI=1S/C14H19NOS/c1-14(13(15)16)9-5-4-7-11(14)10-6-2-3-8-12(10)17/h2-3,6,8,11,17H,4-5,7,9H2,1H3,(H2,15,16). The highest BCUT2D eigenvalue weighted by atomic mass is 32.1. The summed E-state index contributed by atoms with van der Waals surface area (Å²) in [4.78, 5) is 12.7. The fourth-order valence-electron chi connectivity index (χ4n) is 2.91. The van der Waals surface area contributed by atoms with Gasteiger partial charge in [-0.1, -0.05) is 38.0 Å². The molecule has 2 atom stereocenters. The number of primary amides is 1. The molecule has 2 rings (SSSR count). The van der Waals surface area contributed by atoms with Crippen molar-refractivity contribution >= 4 is 18.5 Å². The SMILES string of the molecule is CC1(C(N)=O)CCCCC1c1ccccc1S. The lowest BCUT2D eigenvalue weighted by molar-refractivity contribution is -0.129. The van der Waals surface area contributed by atoms with Gasteiger partial charge < -0.3 is 5.73 Å². The van der Waals surface area contributed by atoms with Crippen LogP contribution in [0.15, 0.2) is 29.2 Å². The Bertz CT molecular complexity index is 432. The second-order valence-corrected chi connectivity index (χ2v) is 5.62. The van der Waals surface area contributed by atoms with Crippen molar-refractivity contribution in [2.45, 2.75) is 43.4 Å². The van der Waals surface area contributed by atoms with Gasteiger partial charge in [0.1, 0.15) is 0 Å².